The third-order valence-corrected chi connectivity index (χ3v) is 3.73. The molecule has 0 aliphatic rings. The maximum Gasteiger partial charge on any atom is 0.146 e. The number of ether oxygens (including phenoxy) is 1. The zero-order valence-electron chi connectivity index (χ0n) is 10.9. The number of hydrogen-bond acceptors (Lipinski definition) is 3. The standard InChI is InChI=1S/C16H13BrN2O/c1-10-6-16(13(17)8-14(10)18)20-12-7-11-4-2-3-5-15(11)19-9-12/h2-9H,18H2,1H3. The summed E-state index contributed by atoms with van der Waals surface area (Å²) in [4.78, 5) is 4.38. The van der Waals surface area contributed by atoms with Crippen molar-refractivity contribution in [3.63, 3.8) is 0 Å². The molecule has 0 saturated heterocycles. The van der Waals surface area contributed by atoms with Gasteiger partial charge in [0.05, 0.1) is 16.2 Å². The van der Waals surface area contributed by atoms with Crippen LogP contribution in [0.1, 0.15) is 5.56 Å². The van der Waals surface area contributed by atoms with Gasteiger partial charge in [-0.1, -0.05) is 18.2 Å². The Morgan fingerprint density at radius 2 is 1.95 bits per heavy atom. The lowest BCUT2D eigenvalue weighted by atomic mass is 10.2. The summed E-state index contributed by atoms with van der Waals surface area (Å²) in [5.41, 5.74) is 8.53. The van der Waals surface area contributed by atoms with Crippen molar-refractivity contribution in [2.24, 2.45) is 0 Å². The number of nitrogen functional groups attached to an aromatic ring is 1. The van der Waals surface area contributed by atoms with E-state index in [0.717, 1.165) is 32.4 Å². The lowest BCUT2D eigenvalue weighted by molar-refractivity contribution is 0.478. The molecule has 1 heterocycles. The smallest absolute Gasteiger partial charge is 0.146 e. The van der Waals surface area contributed by atoms with E-state index in [4.69, 9.17) is 10.5 Å². The number of hydrogen-bond donors (Lipinski definition) is 1. The Labute approximate surface area is 125 Å². The van der Waals surface area contributed by atoms with Crippen LogP contribution < -0.4 is 10.5 Å². The van der Waals surface area contributed by atoms with Gasteiger partial charge < -0.3 is 10.5 Å². The van der Waals surface area contributed by atoms with Gasteiger partial charge in [0.1, 0.15) is 11.5 Å². The van der Waals surface area contributed by atoms with Gasteiger partial charge >= 0.3 is 0 Å². The number of benzene rings is 2. The number of anilines is 1. The van der Waals surface area contributed by atoms with Crippen molar-refractivity contribution >= 4 is 32.5 Å². The van der Waals surface area contributed by atoms with Crippen molar-refractivity contribution in [3.8, 4) is 11.5 Å². The number of halogens is 1. The lowest BCUT2D eigenvalue weighted by Gasteiger charge is -2.10. The first-order valence-electron chi connectivity index (χ1n) is 6.22. The van der Waals surface area contributed by atoms with Crippen LogP contribution in [0.3, 0.4) is 0 Å². The van der Waals surface area contributed by atoms with E-state index in [2.05, 4.69) is 20.9 Å². The predicted octanol–water partition coefficient (Wildman–Crippen LogP) is 4.68. The maximum atomic E-state index is 5.89. The Kier molecular flexibility index (Phi) is 3.32. The van der Waals surface area contributed by atoms with E-state index in [-0.39, 0.29) is 0 Å². The molecule has 1 aromatic heterocycles. The Morgan fingerprint density at radius 1 is 1.15 bits per heavy atom. The Hall–Kier alpha value is -2.07. The largest absolute Gasteiger partial charge is 0.455 e. The molecule has 0 aliphatic heterocycles. The number of aryl methyl sites for hydroxylation is 1. The lowest BCUT2D eigenvalue weighted by Crippen LogP contribution is -1.93. The fraction of sp³-hybridized carbons (Fsp3) is 0.0625. The molecule has 0 spiro atoms. The number of nitrogens with two attached hydrogens (primary N) is 1. The highest BCUT2D eigenvalue weighted by molar-refractivity contribution is 9.10. The van der Waals surface area contributed by atoms with Crippen molar-refractivity contribution in [2.75, 3.05) is 5.73 Å². The molecule has 0 bridgehead atoms. The van der Waals surface area contributed by atoms with Crippen LogP contribution in [0.15, 0.2) is 53.1 Å². The van der Waals surface area contributed by atoms with E-state index in [1.54, 1.807) is 6.20 Å². The third kappa shape index (κ3) is 2.47. The predicted molar refractivity (Wildman–Crippen MR) is 85.1 cm³/mol. The van der Waals surface area contributed by atoms with E-state index in [0.29, 0.717) is 5.75 Å². The molecule has 0 fully saturated rings. The molecule has 2 aromatic carbocycles. The van der Waals surface area contributed by atoms with Gasteiger partial charge in [0, 0.05) is 11.1 Å². The summed E-state index contributed by atoms with van der Waals surface area (Å²) in [6.07, 6.45) is 1.72. The zero-order chi connectivity index (χ0) is 14.1. The van der Waals surface area contributed by atoms with Crippen molar-refractivity contribution in [1.29, 1.82) is 0 Å². The zero-order valence-corrected chi connectivity index (χ0v) is 12.5. The number of pyridine rings is 1. The number of para-hydroxylation sites is 1. The molecule has 0 aliphatic carbocycles. The van der Waals surface area contributed by atoms with Gasteiger partial charge in [-0.15, -0.1) is 0 Å². The second kappa shape index (κ2) is 5.13. The normalized spacial score (nSPS) is 10.7. The first-order valence-corrected chi connectivity index (χ1v) is 7.01. The molecule has 3 rings (SSSR count). The van der Waals surface area contributed by atoms with E-state index >= 15 is 0 Å². The number of nitrogens with zero attached hydrogens (tertiary/aromatic N) is 1. The fourth-order valence-electron chi connectivity index (χ4n) is 1.98. The molecule has 20 heavy (non-hydrogen) atoms. The van der Waals surface area contributed by atoms with Crippen LogP contribution in [-0.2, 0) is 0 Å². The molecule has 100 valence electrons. The summed E-state index contributed by atoms with van der Waals surface area (Å²) in [6, 6.07) is 13.7. The second-order valence-electron chi connectivity index (χ2n) is 4.61. The summed E-state index contributed by atoms with van der Waals surface area (Å²) in [5.74, 6) is 1.43. The second-order valence-corrected chi connectivity index (χ2v) is 5.46. The van der Waals surface area contributed by atoms with E-state index in [1.165, 1.54) is 0 Å². The molecular weight excluding hydrogens is 316 g/mol. The number of rotatable bonds is 2. The van der Waals surface area contributed by atoms with Crippen LogP contribution in [0.25, 0.3) is 10.9 Å². The van der Waals surface area contributed by atoms with Gasteiger partial charge in [0.15, 0.2) is 0 Å². The number of fused-ring (bicyclic) bond motifs is 1. The minimum atomic E-state index is 0.702. The SMILES string of the molecule is Cc1cc(Oc2cnc3ccccc3c2)c(Br)cc1N. The van der Waals surface area contributed by atoms with Crippen LogP contribution in [0.5, 0.6) is 11.5 Å². The molecule has 2 N–H and O–H groups in total. The average molecular weight is 329 g/mol. The maximum absolute atomic E-state index is 5.89. The number of aromatic nitrogens is 1. The molecule has 4 heteroatoms. The Bertz CT molecular complexity index is 787. The van der Waals surface area contributed by atoms with Gasteiger partial charge in [0.25, 0.3) is 0 Å². The monoisotopic (exact) mass is 328 g/mol. The van der Waals surface area contributed by atoms with Crippen molar-refractivity contribution in [2.45, 2.75) is 6.92 Å². The van der Waals surface area contributed by atoms with Crippen LogP contribution in [-0.4, -0.2) is 4.98 Å². The van der Waals surface area contributed by atoms with Gasteiger partial charge in [-0.05, 0) is 52.7 Å². The summed E-state index contributed by atoms with van der Waals surface area (Å²) < 4.78 is 6.72. The van der Waals surface area contributed by atoms with Gasteiger partial charge in [0.2, 0.25) is 0 Å². The molecular formula is C16H13BrN2O. The minimum Gasteiger partial charge on any atom is -0.455 e. The highest BCUT2D eigenvalue weighted by atomic mass is 79.9. The van der Waals surface area contributed by atoms with Gasteiger partial charge in [-0.2, -0.15) is 0 Å². The summed E-state index contributed by atoms with van der Waals surface area (Å²) in [7, 11) is 0. The summed E-state index contributed by atoms with van der Waals surface area (Å²) in [5, 5.41) is 1.05. The highest BCUT2D eigenvalue weighted by Crippen LogP contribution is 2.33. The Morgan fingerprint density at radius 3 is 2.80 bits per heavy atom. The quantitative estimate of drug-likeness (QED) is 0.695. The molecule has 3 nitrogen and oxygen atoms in total. The molecule has 3 aromatic rings. The molecule has 0 radical (unpaired) electrons. The van der Waals surface area contributed by atoms with Crippen molar-refractivity contribution in [1.82, 2.24) is 4.98 Å². The van der Waals surface area contributed by atoms with Crippen LogP contribution in [0, 0.1) is 6.92 Å². The molecule has 0 amide bonds. The molecule has 0 unspecified atom stereocenters. The van der Waals surface area contributed by atoms with Crippen LogP contribution in [0.2, 0.25) is 0 Å². The van der Waals surface area contributed by atoms with Crippen LogP contribution in [0.4, 0.5) is 5.69 Å². The minimum absolute atomic E-state index is 0.702. The molecule has 0 atom stereocenters. The first-order chi connectivity index (χ1) is 9.63. The molecule has 0 saturated carbocycles. The summed E-state index contributed by atoms with van der Waals surface area (Å²) in [6.45, 7) is 1.95. The summed E-state index contributed by atoms with van der Waals surface area (Å²) >= 11 is 3.46. The highest BCUT2D eigenvalue weighted by Gasteiger charge is 2.07. The third-order valence-electron chi connectivity index (χ3n) is 3.11. The average Bonchev–Trinajstić information content (AvgIpc) is 2.44. The Balaban J connectivity index is 1.99. The van der Waals surface area contributed by atoms with Gasteiger partial charge in [-0.3, -0.25) is 4.98 Å². The van der Waals surface area contributed by atoms with E-state index in [1.807, 2.05) is 49.4 Å². The van der Waals surface area contributed by atoms with Crippen LogP contribution >= 0.6 is 15.9 Å². The first kappa shape index (κ1) is 12.9. The van der Waals surface area contributed by atoms with Crippen molar-refractivity contribution in [3.05, 3.63) is 58.7 Å². The topological polar surface area (TPSA) is 48.1 Å². The van der Waals surface area contributed by atoms with E-state index in [9.17, 15) is 0 Å². The van der Waals surface area contributed by atoms with Gasteiger partial charge in [-0.25, -0.2) is 0 Å². The van der Waals surface area contributed by atoms with Crippen molar-refractivity contribution < 1.29 is 4.74 Å². The fourth-order valence-corrected chi connectivity index (χ4v) is 2.42. The van der Waals surface area contributed by atoms with E-state index < -0.39 is 0 Å².